The quantitative estimate of drug-likeness (QED) is 0.329. The molecule has 1 amide bonds. The molecule has 2 N–H and O–H groups in total. The van der Waals surface area contributed by atoms with E-state index in [-0.39, 0.29) is 25.0 Å². The summed E-state index contributed by atoms with van der Waals surface area (Å²) < 4.78 is 36.0. The van der Waals surface area contributed by atoms with Gasteiger partial charge in [0.05, 0.1) is 58.4 Å². The first-order valence-electron chi connectivity index (χ1n) is 10.8. The number of alkyl halides is 1. The van der Waals surface area contributed by atoms with Crippen molar-refractivity contribution >= 4 is 5.91 Å². The molecule has 0 radical (unpaired) electrons. The van der Waals surface area contributed by atoms with Crippen molar-refractivity contribution in [2.45, 2.75) is 60.2 Å². The highest BCUT2D eigenvalue weighted by Gasteiger charge is 2.30. The largest absolute Gasteiger partial charge is 0.378 e. The summed E-state index contributed by atoms with van der Waals surface area (Å²) >= 11 is 0. The van der Waals surface area contributed by atoms with Gasteiger partial charge in [0, 0.05) is 12.5 Å². The second-order valence-electron chi connectivity index (χ2n) is 7.01. The van der Waals surface area contributed by atoms with E-state index < -0.39 is 11.8 Å². The standard InChI is InChI=1S/C19H39FN2O5.C2H6/c1-6-21-7-8-24-9-10-25-11-12-26-13-14-27-19(4,5)17(20)15-22-18(23)16(2)3;1-2/h16-17,21H,6-15H2,1-5H3,(H,22,23);1-2H3. The molecule has 0 spiro atoms. The van der Waals surface area contributed by atoms with Crippen LogP contribution < -0.4 is 10.6 Å². The lowest BCUT2D eigenvalue weighted by molar-refractivity contribution is -0.125. The molecule has 0 aromatic carbocycles. The molecule has 29 heavy (non-hydrogen) atoms. The maximum atomic E-state index is 14.2. The van der Waals surface area contributed by atoms with Gasteiger partial charge in [-0.2, -0.15) is 0 Å². The number of amides is 1. The summed E-state index contributed by atoms with van der Waals surface area (Å²) in [5.74, 6) is -0.332. The lowest BCUT2D eigenvalue weighted by atomic mass is 10.0. The smallest absolute Gasteiger partial charge is 0.222 e. The van der Waals surface area contributed by atoms with E-state index in [9.17, 15) is 9.18 Å². The SMILES string of the molecule is CC.CCNCCOCCOCCOCCOC(C)(C)C(F)CNC(=O)C(C)C. The molecule has 0 saturated heterocycles. The molecule has 0 aromatic heterocycles. The molecule has 1 atom stereocenters. The van der Waals surface area contributed by atoms with Crippen LogP contribution in [0.3, 0.4) is 0 Å². The topological polar surface area (TPSA) is 78.1 Å². The van der Waals surface area contributed by atoms with Crippen molar-refractivity contribution < 1.29 is 28.1 Å². The third-order valence-electron chi connectivity index (χ3n) is 3.85. The van der Waals surface area contributed by atoms with E-state index in [2.05, 4.69) is 17.6 Å². The fraction of sp³-hybridized carbons (Fsp3) is 0.952. The number of hydrogen-bond acceptors (Lipinski definition) is 6. The third kappa shape index (κ3) is 18.9. The molecule has 0 heterocycles. The van der Waals surface area contributed by atoms with Gasteiger partial charge in [0.2, 0.25) is 5.91 Å². The Labute approximate surface area is 177 Å². The molecule has 176 valence electrons. The van der Waals surface area contributed by atoms with Gasteiger partial charge in [0.1, 0.15) is 6.17 Å². The van der Waals surface area contributed by atoms with Crippen molar-refractivity contribution in [3.63, 3.8) is 0 Å². The number of nitrogens with one attached hydrogen (secondary N) is 2. The highest BCUT2D eigenvalue weighted by molar-refractivity contribution is 5.77. The zero-order chi connectivity index (χ0) is 22.5. The van der Waals surface area contributed by atoms with E-state index in [4.69, 9.17) is 18.9 Å². The Hall–Kier alpha value is -0.800. The minimum Gasteiger partial charge on any atom is -0.378 e. The summed E-state index contributed by atoms with van der Waals surface area (Å²) in [6, 6.07) is 0. The summed E-state index contributed by atoms with van der Waals surface area (Å²) in [4.78, 5) is 11.5. The second kappa shape index (κ2) is 20.5. The van der Waals surface area contributed by atoms with Gasteiger partial charge >= 0.3 is 0 Å². The first kappa shape index (κ1) is 30.4. The molecule has 8 heteroatoms. The van der Waals surface area contributed by atoms with E-state index in [0.717, 1.165) is 13.1 Å². The molecule has 0 aliphatic carbocycles. The summed E-state index contributed by atoms with van der Waals surface area (Å²) in [5.41, 5.74) is -0.992. The first-order valence-corrected chi connectivity index (χ1v) is 10.8. The van der Waals surface area contributed by atoms with Gasteiger partial charge in [-0.1, -0.05) is 34.6 Å². The Morgan fingerprint density at radius 1 is 0.931 bits per heavy atom. The number of halogens is 1. The lowest BCUT2D eigenvalue weighted by Gasteiger charge is -2.29. The van der Waals surface area contributed by atoms with Gasteiger partial charge in [0.15, 0.2) is 0 Å². The van der Waals surface area contributed by atoms with Crippen molar-refractivity contribution in [3.8, 4) is 0 Å². The molecule has 1 unspecified atom stereocenters. The normalized spacial score (nSPS) is 12.4. The maximum absolute atomic E-state index is 14.2. The van der Waals surface area contributed by atoms with Crippen LogP contribution in [0.4, 0.5) is 4.39 Å². The van der Waals surface area contributed by atoms with Crippen LogP contribution in [0.15, 0.2) is 0 Å². The van der Waals surface area contributed by atoms with Crippen LogP contribution in [0.1, 0.15) is 48.5 Å². The van der Waals surface area contributed by atoms with Gasteiger partial charge < -0.3 is 29.6 Å². The third-order valence-corrected chi connectivity index (χ3v) is 3.85. The number of carbonyl (C=O) groups excluding carboxylic acids is 1. The molecule has 0 aliphatic heterocycles. The fourth-order valence-electron chi connectivity index (χ4n) is 1.96. The summed E-state index contributed by atoms with van der Waals surface area (Å²) in [6.45, 7) is 18.0. The van der Waals surface area contributed by atoms with E-state index >= 15 is 0 Å². The average Bonchev–Trinajstić information content (AvgIpc) is 2.70. The van der Waals surface area contributed by atoms with Crippen molar-refractivity contribution in [3.05, 3.63) is 0 Å². The van der Waals surface area contributed by atoms with Gasteiger partial charge in [-0.05, 0) is 20.4 Å². The summed E-state index contributed by atoms with van der Waals surface area (Å²) in [6.07, 6.45) is -1.30. The van der Waals surface area contributed by atoms with Crippen LogP contribution in [-0.2, 0) is 23.7 Å². The Morgan fingerprint density at radius 2 is 1.41 bits per heavy atom. The fourth-order valence-corrected chi connectivity index (χ4v) is 1.96. The van der Waals surface area contributed by atoms with Gasteiger partial charge in [-0.15, -0.1) is 0 Å². The van der Waals surface area contributed by atoms with Crippen LogP contribution in [0.5, 0.6) is 0 Å². The average molecular weight is 425 g/mol. The van der Waals surface area contributed by atoms with Gasteiger partial charge in [-0.25, -0.2) is 4.39 Å². The summed E-state index contributed by atoms with van der Waals surface area (Å²) in [5, 5.41) is 5.75. The predicted molar refractivity (Wildman–Crippen MR) is 115 cm³/mol. The lowest BCUT2D eigenvalue weighted by Crippen LogP contribution is -2.45. The van der Waals surface area contributed by atoms with Crippen molar-refractivity contribution in [1.82, 2.24) is 10.6 Å². The summed E-state index contributed by atoms with van der Waals surface area (Å²) in [7, 11) is 0. The van der Waals surface area contributed by atoms with Crippen LogP contribution in [0.25, 0.3) is 0 Å². The minimum atomic E-state index is -1.30. The van der Waals surface area contributed by atoms with E-state index in [1.54, 1.807) is 27.7 Å². The molecule has 0 saturated carbocycles. The number of hydrogen-bond donors (Lipinski definition) is 2. The van der Waals surface area contributed by atoms with Crippen molar-refractivity contribution in [2.75, 3.05) is 65.9 Å². The Kier molecular flexibility index (Phi) is 21.5. The second-order valence-corrected chi connectivity index (χ2v) is 7.01. The van der Waals surface area contributed by atoms with Crippen LogP contribution in [0, 0.1) is 5.92 Å². The minimum absolute atomic E-state index is 0.0602. The number of carbonyl (C=O) groups is 1. The van der Waals surface area contributed by atoms with Gasteiger partial charge in [0.25, 0.3) is 0 Å². The first-order chi connectivity index (χ1) is 13.8. The van der Waals surface area contributed by atoms with Crippen LogP contribution >= 0.6 is 0 Å². The van der Waals surface area contributed by atoms with Crippen molar-refractivity contribution in [2.24, 2.45) is 5.92 Å². The Morgan fingerprint density at radius 3 is 1.90 bits per heavy atom. The molecule has 0 bridgehead atoms. The van der Waals surface area contributed by atoms with Gasteiger partial charge in [-0.3, -0.25) is 4.79 Å². The highest BCUT2D eigenvalue weighted by Crippen LogP contribution is 2.17. The maximum Gasteiger partial charge on any atom is 0.222 e. The van der Waals surface area contributed by atoms with Crippen molar-refractivity contribution in [1.29, 1.82) is 0 Å². The molecule has 7 nitrogen and oxygen atoms in total. The molecular formula is C21H45FN2O5. The molecular weight excluding hydrogens is 379 g/mol. The number of rotatable bonds is 18. The zero-order valence-corrected chi connectivity index (χ0v) is 19.6. The predicted octanol–water partition coefficient (Wildman–Crippen LogP) is 2.58. The highest BCUT2D eigenvalue weighted by atomic mass is 19.1. The zero-order valence-electron chi connectivity index (χ0n) is 19.6. The van der Waals surface area contributed by atoms with E-state index in [0.29, 0.717) is 39.6 Å². The van der Waals surface area contributed by atoms with E-state index in [1.165, 1.54) is 0 Å². The van der Waals surface area contributed by atoms with Crippen LogP contribution in [-0.4, -0.2) is 83.6 Å². The number of ether oxygens (including phenoxy) is 4. The molecule has 0 aliphatic rings. The molecule has 0 aromatic rings. The number of likely N-dealkylation sites (N-methyl/N-ethyl adjacent to an activating group) is 1. The van der Waals surface area contributed by atoms with E-state index in [1.807, 2.05) is 13.8 Å². The Bertz CT molecular complexity index is 371. The Balaban J connectivity index is 0. The molecule has 0 fully saturated rings. The monoisotopic (exact) mass is 424 g/mol. The van der Waals surface area contributed by atoms with Crippen LogP contribution in [0.2, 0.25) is 0 Å². The molecule has 0 rings (SSSR count).